The van der Waals surface area contributed by atoms with Gasteiger partial charge in [-0.25, -0.2) is 0 Å². The molecule has 0 fully saturated rings. The van der Waals surface area contributed by atoms with Gasteiger partial charge in [-0.15, -0.1) is 0 Å². The number of ether oxygens (including phenoxy) is 1. The van der Waals surface area contributed by atoms with Crippen molar-refractivity contribution in [1.29, 1.82) is 0 Å². The van der Waals surface area contributed by atoms with Gasteiger partial charge in [-0.3, -0.25) is 0 Å². The predicted octanol–water partition coefficient (Wildman–Crippen LogP) is 3.10. The second kappa shape index (κ2) is 11.7. The third-order valence-electron chi connectivity index (χ3n) is 1.30. The van der Waals surface area contributed by atoms with Crippen LogP contribution >= 0.6 is 0 Å². The van der Waals surface area contributed by atoms with E-state index in [1.165, 1.54) is 6.42 Å². The van der Waals surface area contributed by atoms with Gasteiger partial charge in [0.15, 0.2) is 0 Å². The Balaban J connectivity index is 0. The first-order chi connectivity index (χ1) is 4.81. The zero-order chi connectivity index (χ0) is 8.41. The van der Waals surface area contributed by atoms with Crippen molar-refractivity contribution >= 4 is 0 Å². The summed E-state index contributed by atoms with van der Waals surface area (Å²) in [5, 5.41) is 0. The lowest BCUT2D eigenvalue weighted by atomic mass is 10.1. The quantitative estimate of drug-likeness (QED) is 0.592. The Labute approximate surface area is 65.8 Å². The maximum Gasteiger partial charge on any atom is 0.0491 e. The molecule has 0 radical (unpaired) electrons. The molecular weight excluding hydrogens is 124 g/mol. The molecule has 1 heteroatoms. The fraction of sp³-hybridized carbons (Fsp3) is 1.00. The largest absolute Gasteiger partial charge is 0.381 e. The first-order valence-electron chi connectivity index (χ1n) is 4.39. The van der Waals surface area contributed by atoms with E-state index in [2.05, 4.69) is 13.8 Å². The van der Waals surface area contributed by atoms with Gasteiger partial charge in [0.2, 0.25) is 0 Å². The van der Waals surface area contributed by atoms with Crippen LogP contribution in [0.15, 0.2) is 0 Å². The second-order valence-corrected chi connectivity index (χ2v) is 2.17. The van der Waals surface area contributed by atoms with Gasteiger partial charge in [0, 0.05) is 13.2 Å². The maximum absolute atomic E-state index is 5.19. The Bertz CT molecular complexity index is 44.0. The van der Waals surface area contributed by atoms with Crippen molar-refractivity contribution in [3.05, 3.63) is 0 Å². The molecule has 0 spiro atoms. The van der Waals surface area contributed by atoms with Crippen molar-refractivity contribution in [2.45, 2.75) is 41.0 Å². The van der Waals surface area contributed by atoms with Crippen molar-refractivity contribution in [1.82, 2.24) is 0 Å². The summed E-state index contributed by atoms with van der Waals surface area (Å²) < 4.78 is 5.19. The summed E-state index contributed by atoms with van der Waals surface area (Å²) in [6.07, 6.45) is 1.22. The topological polar surface area (TPSA) is 9.23 Å². The zero-order valence-corrected chi connectivity index (χ0v) is 8.11. The molecule has 0 rings (SSSR count). The average molecular weight is 146 g/mol. The molecule has 0 aliphatic carbocycles. The normalized spacial score (nSPS) is 11.7. The Morgan fingerprint density at radius 1 is 1.20 bits per heavy atom. The Hall–Kier alpha value is -0.0400. The molecule has 0 saturated carbocycles. The molecule has 0 saturated heterocycles. The maximum atomic E-state index is 5.19. The summed E-state index contributed by atoms with van der Waals surface area (Å²) in [4.78, 5) is 0. The van der Waals surface area contributed by atoms with Crippen LogP contribution in [0.5, 0.6) is 0 Å². The molecule has 1 nitrogen and oxygen atoms in total. The van der Waals surface area contributed by atoms with Gasteiger partial charge in [0.25, 0.3) is 0 Å². The van der Waals surface area contributed by atoms with Crippen molar-refractivity contribution < 1.29 is 4.74 Å². The fourth-order valence-electron chi connectivity index (χ4n) is 0.437. The van der Waals surface area contributed by atoms with E-state index in [0.717, 1.165) is 19.1 Å². The minimum atomic E-state index is 0.731. The van der Waals surface area contributed by atoms with Crippen LogP contribution in [-0.2, 0) is 4.74 Å². The number of hydrogen-bond acceptors (Lipinski definition) is 1. The molecule has 0 aromatic heterocycles. The summed E-state index contributed by atoms with van der Waals surface area (Å²) in [5.74, 6) is 0.731. The Kier molecular flexibility index (Phi) is 14.8. The van der Waals surface area contributed by atoms with Crippen LogP contribution in [-0.4, -0.2) is 13.2 Å². The van der Waals surface area contributed by atoms with E-state index in [0.29, 0.717) is 0 Å². The van der Waals surface area contributed by atoms with Gasteiger partial charge in [0.1, 0.15) is 0 Å². The third kappa shape index (κ3) is 10.9. The van der Waals surface area contributed by atoms with Crippen LogP contribution in [0.3, 0.4) is 0 Å². The van der Waals surface area contributed by atoms with E-state index >= 15 is 0 Å². The smallest absolute Gasteiger partial charge is 0.0491 e. The standard InChI is InChI=1S/C7H16O.C2H6/c1-4-7(3)6-8-5-2;1-2/h7H,4-6H2,1-3H3;1-2H3. The zero-order valence-electron chi connectivity index (χ0n) is 8.11. The van der Waals surface area contributed by atoms with Crippen LogP contribution in [0.4, 0.5) is 0 Å². The second-order valence-electron chi connectivity index (χ2n) is 2.17. The van der Waals surface area contributed by atoms with Crippen LogP contribution in [0.25, 0.3) is 0 Å². The van der Waals surface area contributed by atoms with Gasteiger partial charge in [-0.2, -0.15) is 0 Å². The lowest BCUT2D eigenvalue weighted by Gasteiger charge is -2.05. The average Bonchev–Trinajstić information content (AvgIpc) is 2.04. The SMILES string of the molecule is CC.CCOCC(C)CC. The molecular formula is C9H22O. The number of rotatable bonds is 4. The van der Waals surface area contributed by atoms with E-state index in [4.69, 9.17) is 4.74 Å². The molecule has 0 bridgehead atoms. The molecule has 0 amide bonds. The summed E-state index contributed by atoms with van der Waals surface area (Å²) in [7, 11) is 0. The Morgan fingerprint density at radius 2 is 1.70 bits per heavy atom. The van der Waals surface area contributed by atoms with Crippen LogP contribution in [0.2, 0.25) is 0 Å². The predicted molar refractivity (Wildman–Crippen MR) is 47.3 cm³/mol. The Morgan fingerprint density at radius 3 is 2.00 bits per heavy atom. The monoisotopic (exact) mass is 146 g/mol. The minimum absolute atomic E-state index is 0.731. The summed E-state index contributed by atoms with van der Waals surface area (Å²) >= 11 is 0. The molecule has 0 heterocycles. The van der Waals surface area contributed by atoms with Gasteiger partial charge in [0.05, 0.1) is 0 Å². The molecule has 0 aliphatic rings. The van der Waals surface area contributed by atoms with E-state index < -0.39 is 0 Å². The molecule has 0 N–H and O–H groups in total. The van der Waals surface area contributed by atoms with Gasteiger partial charge in [-0.1, -0.05) is 34.1 Å². The highest BCUT2D eigenvalue weighted by Crippen LogP contribution is 1.99. The van der Waals surface area contributed by atoms with Crippen molar-refractivity contribution in [2.75, 3.05) is 13.2 Å². The summed E-state index contributed by atoms with van der Waals surface area (Å²) in [5.41, 5.74) is 0. The molecule has 1 unspecified atom stereocenters. The molecule has 0 aromatic carbocycles. The first kappa shape index (κ1) is 12.6. The molecule has 0 aliphatic heterocycles. The summed E-state index contributed by atoms with van der Waals surface area (Å²) in [6, 6.07) is 0. The highest BCUT2D eigenvalue weighted by atomic mass is 16.5. The molecule has 1 atom stereocenters. The van der Waals surface area contributed by atoms with Crippen LogP contribution in [0.1, 0.15) is 41.0 Å². The van der Waals surface area contributed by atoms with Crippen LogP contribution in [0, 0.1) is 5.92 Å². The molecule has 10 heavy (non-hydrogen) atoms. The molecule has 64 valence electrons. The van der Waals surface area contributed by atoms with E-state index in [9.17, 15) is 0 Å². The van der Waals surface area contributed by atoms with Crippen LogP contribution < -0.4 is 0 Å². The van der Waals surface area contributed by atoms with Gasteiger partial charge < -0.3 is 4.74 Å². The fourth-order valence-corrected chi connectivity index (χ4v) is 0.437. The lowest BCUT2D eigenvalue weighted by molar-refractivity contribution is 0.115. The van der Waals surface area contributed by atoms with Crippen molar-refractivity contribution in [2.24, 2.45) is 5.92 Å². The highest BCUT2D eigenvalue weighted by Gasteiger charge is 1.94. The van der Waals surface area contributed by atoms with Crippen molar-refractivity contribution in [3.8, 4) is 0 Å². The van der Waals surface area contributed by atoms with E-state index in [1.54, 1.807) is 0 Å². The number of hydrogen-bond donors (Lipinski definition) is 0. The highest BCUT2D eigenvalue weighted by molar-refractivity contribution is 4.44. The van der Waals surface area contributed by atoms with Gasteiger partial charge in [-0.05, 0) is 12.8 Å². The third-order valence-corrected chi connectivity index (χ3v) is 1.30. The van der Waals surface area contributed by atoms with Crippen molar-refractivity contribution in [3.63, 3.8) is 0 Å². The first-order valence-corrected chi connectivity index (χ1v) is 4.39. The van der Waals surface area contributed by atoms with E-state index in [-0.39, 0.29) is 0 Å². The molecule has 0 aromatic rings. The minimum Gasteiger partial charge on any atom is -0.381 e. The lowest BCUT2D eigenvalue weighted by Crippen LogP contribution is -2.03. The summed E-state index contributed by atoms with van der Waals surface area (Å²) in [6.45, 7) is 12.2. The van der Waals surface area contributed by atoms with Gasteiger partial charge >= 0.3 is 0 Å². The van der Waals surface area contributed by atoms with E-state index in [1.807, 2.05) is 20.8 Å².